The van der Waals surface area contributed by atoms with Crippen molar-refractivity contribution in [1.29, 1.82) is 0 Å². The van der Waals surface area contributed by atoms with Gasteiger partial charge >= 0.3 is 0 Å². The Labute approximate surface area is 169 Å². The number of rotatable bonds is 8. The second-order valence-corrected chi connectivity index (χ2v) is 8.21. The highest BCUT2D eigenvalue weighted by atomic mass is 32.2. The molecule has 3 aromatic rings. The molecule has 0 saturated carbocycles. The maximum absolute atomic E-state index is 14.3. The summed E-state index contributed by atoms with van der Waals surface area (Å²) >= 11 is 2.79. The molecule has 2 aromatic carbocycles. The molecule has 0 fully saturated rings. The van der Waals surface area contributed by atoms with Crippen molar-refractivity contribution >= 4 is 39.2 Å². The fourth-order valence-electron chi connectivity index (χ4n) is 2.70. The first-order valence-corrected chi connectivity index (χ1v) is 10.6. The Hall–Kier alpha value is -2.03. The normalized spacial score (nSPS) is 12.0. The average Bonchev–Trinajstić information content (AvgIpc) is 3.01. The third-order valence-corrected chi connectivity index (χ3v) is 6.11. The van der Waals surface area contributed by atoms with Crippen molar-refractivity contribution < 1.29 is 18.3 Å². The maximum atomic E-state index is 14.3. The van der Waals surface area contributed by atoms with E-state index in [2.05, 4.69) is 4.99 Å². The zero-order valence-corrected chi connectivity index (χ0v) is 17.0. The summed E-state index contributed by atoms with van der Waals surface area (Å²) < 4.78 is 34.9. The van der Waals surface area contributed by atoms with Crippen molar-refractivity contribution in [3.63, 3.8) is 0 Å². The van der Waals surface area contributed by atoms with Gasteiger partial charge in [0.05, 0.1) is 16.8 Å². The Kier molecular flexibility index (Phi) is 7.36. The molecule has 3 rings (SSSR count). The Morgan fingerprint density at radius 3 is 2.79 bits per heavy atom. The summed E-state index contributed by atoms with van der Waals surface area (Å²) in [5.74, 6) is -0.787. The van der Waals surface area contributed by atoms with Crippen molar-refractivity contribution in [3.05, 3.63) is 58.9 Å². The SMILES string of the molecule is COCCn1c(=NC(=O)CCCSc2ccccc2)sc2cc(F)cc(F)c21. The van der Waals surface area contributed by atoms with E-state index < -0.39 is 11.6 Å². The molecule has 1 heterocycles. The van der Waals surface area contributed by atoms with Gasteiger partial charge in [-0.15, -0.1) is 11.8 Å². The molecule has 0 atom stereocenters. The van der Waals surface area contributed by atoms with Gasteiger partial charge in [0, 0.05) is 31.0 Å². The highest BCUT2D eigenvalue weighted by Crippen LogP contribution is 2.22. The van der Waals surface area contributed by atoms with Gasteiger partial charge in [-0.3, -0.25) is 4.79 Å². The van der Waals surface area contributed by atoms with Crippen molar-refractivity contribution in [2.24, 2.45) is 4.99 Å². The van der Waals surface area contributed by atoms with Crippen LogP contribution in [-0.4, -0.2) is 29.9 Å². The number of carbonyl (C=O) groups is 1. The van der Waals surface area contributed by atoms with E-state index in [1.165, 1.54) is 13.2 Å². The molecular formula is C20H20F2N2O2S2. The Morgan fingerprint density at radius 1 is 1.25 bits per heavy atom. The third kappa shape index (κ3) is 5.27. The molecule has 0 bridgehead atoms. The van der Waals surface area contributed by atoms with Crippen LogP contribution in [0.4, 0.5) is 8.78 Å². The third-order valence-electron chi connectivity index (χ3n) is 3.98. The van der Waals surface area contributed by atoms with Gasteiger partial charge in [0.25, 0.3) is 0 Å². The number of amides is 1. The summed E-state index contributed by atoms with van der Waals surface area (Å²) in [6.07, 6.45) is 0.989. The van der Waals surface area contributed by atoms with Gasteiger partial charge in [-0.2, -0.15) is 4.99 Å². The summed E-state index contributed by atoms with van der Waals surface area (Å²) in [4.78, 5) is 18.0. The van der Waals surface area contributed by atoms with Crippen molar-refractivity contribution in [3.8, 4) is 0 Å². The molecule has 0 radical (unpaired) electrons. The largest absolute Gasteiger partial charge is 0.383 e. The van der Waals surface area contributed by atoms with Crippen LogP contribution in [0.25, 0.3) is 10.2 Å². The van der Waals surface area contributed by atoms with E-state index >= 15 is 0 Å². The Bertz CT molecular complexity index is 1020. The van der Waals surface area contributed by atoms with Gasteiger partial charge in [0.1, 0.15) is 5.82 Å². The van der Waals surface area contributed by atoms with Crippen LogP contribution >= 0.6 is 23.1 Å². The second-order valence-electron chi connectivity index (χ2n) is 6.03. The lowest BCUT2D eigenvalue weighted by atomic mass is 10.3. The number of nitrogens with zero attached hydrogens (tertiary/aromatic N) is 2. The molecule has 4 nitrogen and oxygen atoms in total. The Morgan fingerprint density at radius 2 is 2.04 bits per heavy atom. The zero-order valence-electron chi connectivity index (χ0n) is 15.4. The fourth-order valence-corrected chi connectivity index (χ4v) is 4.68. The molecule has 0 saturated heterocycles. The van der Waals surface area contributed by atoms with Crippen LogP contribution < -0.4 is 4.80 Å². The second kappa shape index (κ2) is 9.95. The standard InChI is InChI=1S/C20H20F2N2O2S2/c1-26-10-9-24-19-16(22)12-14(21)13-17(19)28-20(24)23-18(25)8-5-11-27-15-6-3-2-4-7-15/h2-4,6-7,12-13H,5,8-11H2,1H3. The van der Waals surface area contributed by atoms with Crippen molar-refractivity contribution in [2.45, 2.75) is 24.3 Å². The number of thiazole rings is 1. The minimum absolute atomic E-state index is 0.245. The number of methoxy groups -OCH3 is 1. The molecule has 0 aliphatic heterocycles. The van der Waals surface area contributed by atoms with Crippen LogP contribution in [0.1, 0.15) is 12.8 Å². The number of carbonyl (C=O) groups excluding carboxylic acids is 1. The zero-order chi connectivity index (χ0) is 19.9. The van der Waals surface area contributed by atoms with Crippen molar-refractivity contribution in [1.82, 2.24) is 4.57 Å². The lowest BCUT2D eigenvalue weighted by molar-refractivity contribution is -0.118. The van der Waals surface area contributed by atoms with Crippen LogP contribution in [0.5, 0.6) is 0 Å². The monoisotopic (exact) mass is 422 g/mol. The summed E-state index contributed by atoms with van der Waals surface area (Å²) in [7, 11) is 1.54. The fraction of sp³-hybridized carbons (Fsp3) is 0.300. The smallest absolute Gasteiger partial charge is 0.248 e. The number of hydrogen-bond donors (Lipinski definition) is 0. The van der Waals surface area contributed by atoms with Gasteiger partial charge in [0.15, 0.2) is 10.6 Å². The summed E-state index contributed by atoms with van der Waals surface area (Å²) in [5, 5.41) is 0. The van der Waals surface area contributed by atoms with E-state index in [4.69, 9.17) is 4.74 Å². The van der Waals surface area contributed by atoms with E-state index in [-0.39, 0.29) is 11.4 Å². The highest BCUT2D eigenvalue weighted by molar-refractivity contribution is 7.99. The minimum atomic E-state index is -0.671. The van der Waals surface area contributed by atoms with E-state index in [0.717, 1.165) is 28.1 Å². The molecule has 0 unspecified atom stereocenters. The quantitative estimate of drug-likeness (QED) is 0.393. The first-order chi connectivity index (χ1) is 13.6. The van der Waals surface area contributed by atoms with Gasteiger partial charge in [-0.1, -0.05) is 29.5 Å². The number of ether oxygens (including phenoxy) is 1. The van der Waals surface area contributed by atoms with Crippen LogP contribution in [0.3, 0.4) is 0 Å². The number of benzene rings is 2. The van der Waals surface area contributed by atoms with E-state index in [1.54, 1.807) is 16.3 Å². The van der Waals surface area contributed by atoms with Crippen LogP contribution in [-0.2, 0) is 16.1 Å². The molecule has 0 aliphatic carbocycles. The highest BCUT2D eigenvalue weighted by Gasteiger charge is 2.14. The topological polar surface area (TPSA) is 43.6 Å². The predicted octanol–water partition coefficient (Wildman–Crippen LogP) is 4.63. The van der Waals surface area contributed by atoms with Gasteiger partial charge < -0.3 is 9.30 Å². The lowest BCUT2D eigenvalue weighted by Crippen LogP contribution is -2.19. The summed E-state index contributed by atoms with van der Waals surface area (Å²) in [5.41, 5.74) is 0.245. The number of hydrogen-bond acceptors (Lipinski definition) is 4. The molecule has 28 heavy (non-hydrogen) atoms. The first-order valence-electron chi connectivity index (χ1n) is 8.81. The van der Waals surface area contributed by atoms with Crippen molar-refractivity contribution in [2.75, 3.05) is 19.5 Å². The summed E-state index contributed by atoms with van der Waals surface area (Å²) in [6.45, 7) is 0.659. The number of halogens is 2. The van der Waals surface area contributed by atoms with Crippen LogP contribution in [0.2, 0.25) is 0 Å². The molecule has 0 N–H and O–H groups in total. The molecule has 148 valence electrons. The average molecular weight is 423 g/mol. The van der Waals surface area contributed by atoms with Crippen LogP contribution in [0, 0.1) is 11.6 Å². The molecule has 0 spiro atoms. The molecule has 8 heteroatoms. The van der Waals surface area contributed by atoms with E-state index in [9.17, 15) is 13.6 Å². The van der Waals surface area contributed by atoms with E-state index in [0.29, 0.717) is 35.5 Å². The number of thioether (sulfide) groups is 1. The Balaban J connectivity index is 1.74. The molecule has 1 aromatic heterocycles. The predicted molar refractivity (Wildman–Crippen MR) is 109 cm³/mol. The minimum Gasteiger partial charge on any atom is -0.383 e. The summed E-state index contributed by atoms with van der Waals surface area (Å²) in [6, 6.07) is 12.1. The van der Waals surface area contributed by atoms with Gasteiger partial charge in [-0.05, 0) is 30.4 Å². The molecule has 0 aliphatic rings. The number of fused-ring (bicyclic) bond motifs is 1. The lowest BCUT2D eigenvalue weighted by Gasteiger charge is -2.05. The number of aromatic nitrogens is 1. The first kappa shape index (κ1) is 20.7. The molecular weight excluding hydrogens is 402 g/mol. The molecule has 1 amide bonds. The van der Waals surface area contributed by atoms with Gasteiger partial charge in [0.2, 0.25) is 5.91 Å². The maximum Gasteiger partial charge on any atom is 0.248 e. The van der Waals surface area contributed by atoms with Crippen LogP contribution in [0.15, 0.2) is 52.4 Å². The van der Waals surface area contributed by atoms with Gasteiger partial charge in [-0.25, -0.2) is 8.78 Å². The van der Waals surface area contributed by atoms with E-state index in [1.807, 2.05) is 30.3 Å².